The number of aryl methyl sites for hydroxylation is 2. The number of rotatable bonds is 2. The van der Waals surface area contributed by atoms with Gasteiger partial charge in [0.15, 0.2) is 0 Å². The van der Waals surface area contributed by atoms with Gasteiger partial charge in [-0.2, -0.15) is 0 Å². The highest BCUT2D eigenvalue weighted by Gasteiger charge is 2.03. The first-order valence-electron chi connectivity index (χ1n) is 5.35. The van der Waals surface area contributed by atoms with E-state index in [4.69, 9.17) is 12.2 Å². The fourth-order valence-corrected chi connectivity index (χ4v) is 1.85. The van der Waals surface area contributed by atoms with Gasteiger partial charge in [-0.3, -0.25) is 0 Å². The van der Waals surface area contributed by atoms with Gasteiger partial charge in [0.05, 0.1) is 4.86 Å². The van der Waals surface area contributed by atoms with Crippen LogP contribution in [0.4, 0.5) is 0 Å². The summed E-state index contributed by atoms with van der Waals surface area (Å²) in [7, 11) is 0. The van der Waals surface area contributed by atoms with Crippen LogP contribution >= 0.6 is 12.2 Å². The SMILES string of the molecule is Cc1ccc(C(=S)c2ccc(C)cc2)cc1. The average molecular weight is 226 g/mol. The summed E-state index contributed by atoms with van der Waals surface area (Å²) in [5.41, 5.74) is 4.75. The second kappa shape index (κ2) is 4.58. The lowest BCUT2D eigenvalue weighted by molar-refractivity contribution is 1.45. The standard InChI is InChI=1S/C15H14S/c1-11-3-7-13(8-4-11)15(16)14-9-5-12(2)6-10-14/h3-10H,1-2H3. The topological polar surface area (TPSA) is 0 Å². The van der Waals surface area contributed by atoms with Crippen molar-refractivity contribution in [1.82, 2.24) is 0 Å². The van der Waals surface area contributed by atoms with Crippen molar-refractivity contribution in [2.24, 2.45) is 0 Å². The summed E-state index contributed by atoms with van der Waals surface area (Å²) in [4.78, 5) is 0.917. The Balaban J connectivity index is 2.32. The lowest BCUT2D eigenvalue weighted by Gasteiger charge is -2.05. The first-order valence-corrected chi connectivity index (χ1v) is 5.76. The fourth-order valence-electron chi connectivity index (χ4n) is 1.58. The summed E-state index contributed by atoms with van der Waals surface area (Å²) < 4.78 is 0. The van der Waals surface area contributed by atoms with Crippen LogP contribution in [0.5, 0.6) is 0 Å². The molecule has 0 fully saturated rings. The first-order chi connectivity index (χ1) is 7.66. The Labute approximate surface area is 102 Å². The van der Waals surface area contributed by atoms with Crippen LogP contribution < -0.4 is 0 Å². The number of hydrogen-bond acceptors (Lipinski definition) is 1. The molecule has 2 rings (SSSR count). The van der Waals surface area contributed by atoms with Crippen molar-refractivity contribution in [2.45, 2.75) is 13.8 Å². The van der Waals surface area contributed by atoms with Crippen molar-refractivity contribution in [3.05, 3.63) is 70.8 Å². The van der Waals surface area contributed by atoms with Crippen LogP contribution in [0, 0.1) is 13.8 Å². The van der Waals surface area contributed by atoms with Crippen LogP contribution in [-0.4, -0.2) is 4.86 Å². The van der Waals surface area contributed by atoms with Crippen LogP contribution in [0.2, 0.25) is 0 Å². The van der Waals surface area contributed by atoms with Gasteiger partial charge in [0.1, 0.15) is 0 Å². The number of benzene rings is 2. The van der Waals surface area contributed by atoms with Crippen LogP contribution in [0.1, 0.15) is 22.3 Å². The van der Waals surface area contributed by atoms with E-state index in [0.717, 1.165) is 16.0 Å². The van der Waals surface area contributed by atoms with Crippen molar-refractivity contribution in [1.29, 1.82) is 0 Å². The Morgan fingerprint density at radius 3 is 1.31 bits per heavy atom. The third-order valence-corrected chi connectivity index (χ3v) is 3.10. The molecule has 0 radical (unpaired) electrons. The van der Waals surface area contributed by atoms with Gasteiger partial charge in [0, 0.05) is 0 Å². The molecule has 0 saturated carbocycles. The maximum Gasteiger partial charge on any atom is 0.0521 e. The van der Waals surface area contributed by atoms with Gasteiger partial charge >= 0.3 is 0 Å². The maximum absolute atomic E-state index is 5.47. The second-order valence-corrected chi connectivity index (χ2v) is 4.47. The van der Waals surface area contributed by atoms with Gasteiger partial charge in [-0.25, -0.2) is 0 Å². The monoisotopic (exact) mass is 226 g/mol. The maximum atomic E-state index is 5.47. The Morgan fingerprint density at radius 2 is 1.00 bits per heavy atom. The van der Waals surface area contributed by atoms with E-state index >= 15 is 0 Å². The molecule has 16 heavy (non-hydrogen) atoms. The third-order valence-electron chi connectivity index (χ3n) is 2.63. The zero-order valence-corrected chi connectivity index (χ0v) is 10.3. The highest BCUT2D eigenvalue weighted by Crippen LogP contribution is 2.13. The Bertz CT molecular complexity index is 444. The highest BCUT2D eigenvalue weighted by atomic mass is 32.1. The van der Waals surface area contributed by atoms with E-state index in [9.17, 15) is 0 Å². The minimum atomic E-state index is 0.917. The molecule has 0 N–H and O–H groups in total. The molecule has 2 aromatic carbocycles. The summed E-state index contributed by atoms with van der Waals surface area (Å²) in [5, 5.41) is 0. The fraction of sp³-hybridized carbons (Fsp3) is 0.133. The predicted molar refractivity (Wildman–Crippen MR) is 73.2 cm³/mol. The van der Waals surface area contributed by atoms with E-state index < -0.39 is 0 Å². The Morgan fingerprint density at radius 1 is 0.688 bits per heavy atom. The molecular weight excluding hydrogens is 212 g/mol. The highest BCUT2D eigenvalue weighted by molar-refractivity contribution is 7.81. The molecule has 1 heteroatoms. The van der Waals surface area contributed by atoms with Gasteiger partial charge in [0.2, 0.25) is 0 Å². The summed E-state index contributed by atoms with van der Waals surface area (Å²) in [5.74, 6) is 0. The van der Waals surface area contributed by atoms with Crippen LogP contribution in [0.25, 0.3) is 0 Å². The van der Waals surface area contributed by atoms with Crippen molar-refractivity contribution < 1.29 is 0 Å². The van der Waals surface area contributed by atoms with Gasteiger partial charge in [-0.15, -0.1) is 0 Å². The van der Waals surface area contributed by atoms with Crippen molar-refractivity contribution >= 4 is 17.1 Å². The zero-order chi connectivity index (χ0) is 11.5. The summed E-state index contributed by atoms with van der Waals surface area (Å²) in [6.07, 6.45) is 0. The molecule has 0 bridgehead atoms. The van der Waals surface area contributed by atoms with Gasteiger partial charge in [-0.1, -0.05) is 71.9 Å². The van der Waals surface area contributed by atoms with Gasteiger partial charge in [0.25, 0.3) is 0 Å². The number of thiocarbonyl (C=S) groups is 1. The van der Waals surface area contributed by atoms with Crippen molar-refractivity contribution in [3.63, 3.8) is 0 Å². The lowest BCUT2D eigenvalue weighted by atomic mass is 10.0. The molecule has 2 aromatic rings. The first kappa shape index (κ1) is 11.0. The third kappa shape index (κ3) is 2.37. The van der Waals surface area contributed by atoms with Crippen molar-refractivity contribution in [3.8, 4) is 0 Å². The van der Waals surface area contributed by atoms with E-state index in [-0.39, 0.29) is 0 Å². The zero-order valence-electron chi connectivity index (χ0n) is 9.53. The molecule has 0 aliphatic carbocycles. The quantitative estimate of drug-likeness (QED) is 0.549. The molecule has 0 saturated heterocycles. The molecule has 0 spiro atoms. The normalized spacial score (nSPS) is 10.1. The molecule has 0 aliphatic heterocycles. The molecule has 0 unspecified atom stereocenters. The second-order valence-electron chi connectivity index (χ2n) is 4.06. The van der Waals surface area contributed by atoms with Gasteiger partial charge in [-0.05, 0) is 25.0 Å². The van der Waals surface area contributed by atoms with Gasteiger partial charge < -0.3 is 0 Å². The lowest BCUT2D eigenvalue weighted by Crippen LogP contribution is -1.99. The molecule has 0 heterocycles. The summed E-state index contributed by atoms with van der Waals surface area (Å²) in [6, 6.07) is 16.7. The van der Waals surface area contributed by atoms with Crippen LogP contribution in [0.3, 0.4) is 0 Å². The Kier molecular flexibility index (Phi) is 3.16. The molecular formula is C15H14S. The Hall–Kier alpha value is -1.47. The summed E-state index contributed by atoms with van der Waals surface area (Å²) >= 11 is 5.47. The molecule has 80 valence electrons. The minimum Gasteiger partial charge on any atom is -0.0788 e. The average Bonchev–Trinajstić information content (AvgIpc) is 2.30. The summed E-state index contributed by atoms with van der Waals surface area (Å²) in [6.45, 7) is 4.16. The van der Waals surface area contributed by atoms with E-state index in [1.54, 1.807) is 0 Å². The van der Waals surface area contributed by atoms with Crippen LogP contribution in [0.15, 0.2) is 48.5 Å². The van der Waals surface area contributed by atoms with Crippen LogP contribution in [-0.2, 0) is 0 Å². The molecule has 0 aliphatic rings. The largest absolute Gasteiger partial charge is 0.0788 e. The smallest absolute Gasteiger partial charge is 0.0521 e. The van der Waals surface area contributed by atoms with E-state index in [1.807, 2.05) is 0 Å². The molecule has 0 atom stereocenters. The predicted octanol–water partition coefficient (Wildman–Crippen LogP) is 4.07. The minimum absolute atomic E-state index is 0.917. The van der Waals surface area contributed by atoms with Crippen molar-refractivity contribution in [2.75, 3.05) is 0 Å². The molecule has 0 aromatic heterocycles. The molecule has 0 nitrogen and oxygen atoms in total. The number of hydrogen-bond donors (Lipinski definition) is 0. The molecule has 0 amide bonds. The van der Waals surface area contributed by atoms with E-state index in [0.29, 0.717) is 0 Å². The van der Waals surface area contributed by atoms with E-state index in [1.165, 1.54) is 11.1 Å². The van der Waals surface area contributed by atoms with E-state index in [2.05, 4.69) is 62.4 Å².